The minimum atomic E-state index is -0.164. The van der Waals surface area contributed by atoms with Crippen LogP contribution in [0.15, 0.2) is 18.2 Å². The van der Waals surface area contributed by atoms with E-state index in [9.17, 15) is 9.59 Å². The van der Waals surface area contributed by atoms with Crippen molar-refractivity contribution in [3.05, 3.63) is 23.8 Å². The number of carbonyl (C=O) groups excluding carboxylic acids is 2. The molecule has 1 aromatic rings. The Balaban J connectivity index is 3.01. The quantitative estimate of drug-likeness (QED) is 0.713. The molecule has 0 fully saturated rings. The monoisotopic (exact) mass is 192 g/mol. The fourth-order valence-corrected chi connectivity index (χ4v) is 1.14. The van der Waals surface area contributed by atoms with Gasteiger partial charge in [-0.25, -0.2) is 0 Å². The van der Waals surface area contributed by atoms with Gasteiger partial charge < -0.3 is 10.6 Å². The smallest absolute Gasteiger partial charge is 0.221 e. The first kappa shape index (κ1) is 10.2. The van der Waals surface area contributed by atoms with Crippen LogP contribution in [-0.2, 0) is 9.59 Å². The summed E-state index contributed by atoms with van der Waals surface area (Å²) in [4.78, 5) is 21.1. The van der Waals surface area contributed by atoms with Crippen LogP contribution in [0.2, 0.25) is 0 Å². The first-order valence-electron chi connectivity index (χ1n) is 4.22. The Hall–Kier alpha value is -1.84. The fraction of sp³-hybridized carbons (Fsp3) is 0.200. The maximum absolute atomic E-state index is 10.8. The third-order valence-corrected chi connectivity index (χ3v) is 1.70. The van der Waals surface area contributed by atoms with Crippen LogP contribution in [-0.4, -0.2) is 12.3 Å². The summed E-state index contributed by atoms with van der Waals surface area (Å²) < 4.78 is 0. The van der Waals surface area contributed by atoms with E-state index >= 15 is 0 Å². The Morgan fingerprint density at radius 3 is 2.64 bits per heavy atom. The second-order valence-corrected chi connectivity index (χ2v) is 2.99. The van der Waals surface area contributed by atoms with Gasteiger partial charge in [-0.05, 0) is 24.6 Å². The van der Waals surface area contributed by atoms with Crippen molar-refractivity contribution in [1.82, 2.24) is 0 Å². The molecule has 0 atom stereocenters. The number of aryl methyl sites for hydroxylation is 1. The van der Waals surface area contributed by atoms with Crippen molar-refractivity contribution >= 4 is 23.7 Å². The summed E-state index contributed by atoms with van der Waals surface area (Å²) in [7, 11) is 0. The number of carbonyl (C=O) groups is 2. The maximum atomic E-state index is 10.8. The highest BCUT2D eigenvalue weighted by Crippen LogP contribution is 2.22. The van der Waals surface area contributed by atoms with Gasteiger partial charge in [0.2, 0.25) is 12.3 Å². The average molecular weight is 192 g/mol. The Morgan fingerprint density at radius 2 is 2.07 bits per heavy atom. The lowest BCUT2D eigenvalue weighted by Gasteiger charge is -2.09. The van der Waals surface area contributed by atoms with Crippen molar-refractivity contribution in [2.75, 3.05) is 10.6 Å². The molecule has 2 N–H and O–H groups in total. The van der Waals surface area contributed by atoms with Gasteiger partial charge in [0, 0.05) is 6.92 Å². The zero-order chi connectivity index (χ0) is 10.6. The van der Waals surface area contributed by atoms with E-state index in [1.54, 1.807) is 12.1 Å². The van der Waals surface area contributed by atoms with Gasteiger partial charge >= 0.3 is 0 Å². The first-order valence-corrected chi connectivity index (χ1v) is 4.22. The van der Waals surface area contributed by atoms with E-state index in [0.717, 1.165) is 5.56 Å². The molecular weight excluding hydrogens is 180 g/mol. The van der Waals surface area contributed by atoms with Crippen molar-refractivity contribution < 1.29 is 9.59 Å². The van der Waals surface area contributed by atoms with Crippen LogP contribution >= 0.6 is 0 Å². The van der Waals surface area contributed by atoms with Crippen LogP contribution in [0.1, 0.15) is 12.5 Å². The number of anilines is 2. The lowest BCUT2D eigenvalue weighted by Crippen LogP contribution is -2.08. The van der Waals surface area contributed by atoms with Gasteiger partial charge in [-0.1, -0.05) is 6.07 Å². The van der Waals surface area contributed by atoms with Gasteiger partial charge in [0.1, 0.15) is 0 Å². The predicted octanol–water partition coefficient (Wildman–Crippen LogP) is 1.52. The number of nitrogens with one attached hydrogen (secondary N) is 2. The van der Waals surface area contributed by atoms with Crippen molar-refractivity contribution in [3.8, 4) is 0 Å². The summed E-state index contributed by atoms with van der Waals surface area (Å²) >= 11 is 0. The van der Waals surface area contributed by atoms with E-state index in [-0.39, 0.29) is 5.91 Å². The van der Waals surface area contributed by atoms with Gasteiger partial charge in [-0.15, -0.1) is 0 Å². The molecule has 0 aliphatic heterocycles. The minimum Gasteiger partial charge on any atom is -0.327 e. The maximum Gasteiger partial charge on any atom is 0.221 e. The van der Waals surface area contributed by atoms with Crippen LogP contribution in [0.25, 0.3) is 0 Å². The average Bonchev–Trinajstić information content (AvgIpc) is 2.09. The molecule has 0 saturated heterocycles. The molecule has 1 aromatic carbocycles. The topological polar surface area (TPSA) is 58.2 Å². The van der Waals surface area contributed by atoms with Crippen LogP contribution in [0.5, 0.6) is 0 Å². The molecule has 4 nitrogen and oxygen atoms in total. The molecule has 1 rings (SSSR count). The van der Waals surface area contributed by atoms with E-state index in [2.05, 4.69) is 10.6 Å². The lowest BCUT2D eigenvalue weighted by molar-refractivity contribution is -0.114. The highest BCUT2D eigenvalue weighted by Gasteiger charge is 2.02. The summed E-state index contributed by atoms with van der Waals surface area (Å²) in [6.07, 6.45) is 0.583. The van der Waals surface area contributed by atoms with E-state index in [4.69, 9.17) is 0 Å². The Kier molecular flexibility index (Phi) is 3.23. The summed E-state index contributed by atoms with van der Waals surface area (Å²) in [6.45, 7) is 3.33. The molecule has 0 aliphatic rings. The van der Waals surface area contributed by atoms with Crippen LogP contribution in [0.4, 0.5) is 11.4 Å². The summed E-state index contributed by atoms with van der Waals surface area (Å²) in [5.41, 5.74) is 2.23. The van der Waals surface area contributed by atoms with Gasteiger partial charge in [0.05, 0.1) is 11.4 Å². The molecular formula is C10H12N2O2. The molecule has 74 valence electrons. The molecule has 0 radical (unpaired) electrons. The van der Waals surface area contributed by atoms with Gasteiger partial charge in [0.15, 0.2) is 0 Å². The summed E-state index contributed by atoms with van der Waals surface area (Å²) in [5, 5.41) is 5.15. The van der Waals surface area contributed by atoms with Crippen LogP contribution in [0, 0.1) is 6.92 Å². The molecule has 0 bridgehead atoms. The van der Waals surface area contributed by atoms with Gasteiger partial charge in [0.25, 0.3) is 0 Å². The second kappa shape index (κ2) is 4.41. The molecule has 0 spiro atoms. The predicted molar refractivity (Wildman–Crippen MR) is 55.2 cm³/mol. The van der Waals surface area contributed by atoms with E-state index in [0.29, 0.717) is 17.8 Å². The third-order valence-electron chi connectivity index (χ3n) is 1.70. The Labute approximate surface area is 82.3 Å². The molecule has 4 heteroatoms. The first-order chi connectivity index (χ1) is 6.63. The number of amides is 2. The number of benzene rings is 1. The highest BCUT2D eigenvalue weighted by molar-refractivity contribution is 5.94. The minimum absolute atomic E-state index is 0.164. The van der Waals surface area contributed by atoms with Crippen molar-refractivity contribution in [3.63, 3.8) is 0 Å². The van der Waals surface area contributed by atoms with E-state index in [1.165, 1.54) is 6.92 Å². The Bertz CT molecular complexity index is 361. The fourth-order valence-electron chi connectivity index (χ4n) is 1.14. The summed E-state index contributed by atoms with van der Waals surface area (Å²) in [5.74, 6) is -0.164. The largest absolute Gasteiger partial charge is 0.327 e. The van der Waals surface area contributed by atoms with Gasteiger partial charge in [-0.3, -0.25) is 9.59 Å². The zero-order valence-corrected chi connectivity index (χ0v) is 8.13. The number of hydrogen-bond acceptors (Lipinski definition) is 2. The standard InChI is InChI=1S/C10H12N2O2/c1-7-3-4-9(12-8(2)14)10(5-7)11-6-13/h3-6H,1-2H3,(H,11,13)(H,12,14). The molecule has 0 unspecified atom stereocenters. The second-order valence-electron chi connectivity index (χ2n) is 2.99. The Morgan fingerprint density at radius 1 is 1.36 bits per heavy atom. The van der Waals surface area contributed by atoms with Crippen LogP contribution < -0.4 is 10.6 Å². The summed E-state index contributed by atoms with van der Waals surface area (Å²) in [6, 6.07) is 5.41. The number of rotatable bonds is 3. The molecule has 0 heterocycles. The van der Waals surface area contributed by atoms with Crippen molar-refractivity contribution in [2.45, 2.75) is 13.8 Å². The van der Waals surface area contributed by atoms with Crippen LogP contribution in [0.3, 0.4) is 0 Å². The third kappa shape index (κ3) is 2.58. The van der Waals surface area contributed by atoms with Crippen molar-refractivity contribution in [2.24, 2.45) is 0 Å². The van der Waals surface area contributed by atoms with E-state index < -0.39 is 0 Å². The molecule has 14 heavy (non-hydrogen) atoms. The van der Waals surface area contributed by atoms with E-state index in [1.807, 2.05) is 13.0 Å². The highest BCUT2D eigenvalue weighted by atomic mass is 16.1. The SMILES string of the molecule is CC(=O)Nc1ccc(C)cc1NC=O. The van der Waals surface area contributed by atoms with Crippen molar-refractivity contribution in [1.29, 1.82) is 0 Å². The normalized spacial score (nSPS) is 9.29. The number of hydrogen-bond donors (Lipinski definition) is 2. The van der Waals surface area contributed by atoms with Gasteiger partial charge in [-0.2, -0.15) is 0 Å². The zero-order valence-electron chi connectivity index (χ0n) is 8.13. The molecule has 0 saturated carbocycles. The molecule has 0 aromatic heterocycles. The lowest BCUT2D eigenvalue weighted by atomic mass is 10.2. The molecule has 2 amide bonds. The molecule has 0 aliphatic carbocycles.